The molecule has 1 aromatic carbocycles. The lowest BCUT2D eigenvalue weighted by Gasteiger charge is -2.39. The van der Waals surface area contributed by atoms with Gasteiger partial charge in [-0.2, -0.15) is 0 Å². The largest absolute Gasteiger partial charge is 0.497 e. The van der Waals surface area contributed by atoms with Gasteiger partial charge in [-0.25, -0.2) is 0 Å². The monoisotopic (exact) mass is 394 g/mol. The number of benzene rings is 1. The number of ether oxygens (including phenoxy) is 3. The Labute approximate surface area is 162 Å². The zero-order valence-electron chi connectivity index (χ0n) is 16.0. The molecular weight excluding hydrogens is 368 g/mol. The summed E-state index contributed by atoms with van der Waals surface area (Å²) in [5.41, 5.74) is 2.68. The van der Waals surface area contributed by atoms with Gasteiger partial charge >= 0.3 is 0 Å². The molecule has 0 amide bonds. The molecule has 2 heterocycles. The molecule has 5 atom stereocenters. The van der Waals surface area contributed by atoms with Gasteiger partial charge in [0.05, 0.1) is 13.7 Å². The van der Waals surface area contributed by atoms with Gasteiger partial charge < -0.3 is 34.6 Å². The lowest BCUT2D eigenvalue weighted by Crippen LogP contribution is -2.60. The van der Waals surface area contributed by atoms with Crippen LogP contribution in [0.1, 0.15) is 16.8 Å². The van der Waals surface area contributed by atoms with E-state index in [1.807, 2.05) is 31.2 Å². The smallest absolute Gasteiger partial charge is 0.239 e. The molecule has 0 saturated carbocycles. The number of nitrogens with zero attached hydrogens (tertiary/aromatic N) is 2. The molecule has 1 aromatic heterocycles. The summed E-state index contributed by atoms with van der Waals surface area (Å²) >= 11 is 0. The molecule has 1 aliphatic rings. The highest BCUT2D eigenvalue weighted by atomic mass is 16.7. The molecule has 2 aromatic rings. The van der Waals surface area contributed by atoms with Crippen LogP contribution < -0.4 is 9.47 Å². The minimum atomic E-state index is -1.51. The van der Waals surface area contributed by atoms with Gasteiger partial charge in [-0.05, 0) is 24.6 Å². The molecule has 1 fully saturated rings. The van der Waals surface area contributed by atoms with Crippen molar-refractivity contribution >= 4 is 0 Å². The van der Waals surface area contributed by atoms with Crippen LogP contribution in [0.3, 0.4) is 0 Å². The van der Waals surface area contributed by atoms with Crippen LogP contribution in [0.2, 0.25) is 0 Å². The number of hydrogen-bond acceptors (Lipinski definition) is 8. The van der Waals surface area contributed by atoms with Crippen molar-refractivity contribution < 1.29 is 34.6 Å². The maximum atomic E-state index is 10.2. The van der Waals surface area contributed by atoms with Crippen LogP contribution in [-0.4, -0.2) is 74.6 Å². The average molecular weight is 394 g/mol. The summed E-state index contributed by atoms with van der Waals surface area (Å²) in [6.45, 7) is 1.37. The highest BCUT2D eigenvalue weighted by Crippen LogP contribution is 2.29. The van der Waals surface area contributed by atoms with Gasteiger partial charge in [0.2, 0.25) is 12.2 Å². The zero-order valence-corrected chi connectivity index (χ0v) is 16.0. The lowest BCUT2D eigenvalue weighted by atomic mass is 9.99. The fraction of sp³-hybridized carbons (Fsp3) is 0.526. The molecule has 154 valence electrons. The molecule has 0 spiro atoms. The second kappa shape index (κ2) is 8.46. The van der Waals surface area contributed by atoms with Gasteiger partial charge in [-0.3, -0.25) is 4.68 Å². The van der Waals surface area contributed by atoms with Crippen molar-refractivity contribution in [3.8, 4) is 11.6 Å². The molecule has 9 nitrogen and oxygen atoms in total. The second-order valence-electron chi connectivity index (χ2n) is 6.83. The number of aromatic nitrogens is 2. The Morgan fingerprint density at radius 2 is 1.79 bits per heavy atom. The number of methoxy groups -OCH3 is 1. The fourth-order valence-electron chi connectivity index (χ4n) is 3.14. The fourth-order valence-corrected chi connectivity index (χ4v) is 3.14. The van der Waals surface area contributed by atoms with Crippen molar-refractivity contribution in [2.24, 2.45) is 7.05 Å². The Hall–Kier alpha value is -2.17. The van der Waals surface area contributed by atoms with Crippen LogP contribution in [0.5, 0.6) is 11.6 Å². The predicted molar refractivity (Wildman–Crippen MR) is 98.1 cm³/mol. The number of aliphatic hydroxyl groups is 4. The van der Waals surface area contributed by atoms with E-state index in [0.29, 0.717) is 6.42 Å². The number of aryl methyl sites for hydroxylation is 1. The van der Waals surface area contributed by atoms with E-state index >= 15 is 0 Å². The van der Waals surface area contributed by atoms with Crippen molar-refractivity contribution in [3.63, 3.8) is 0 Å². The highest BCUT2D eigenvalue weighted by Gasteiger charge is 2.45. The Morgan fingerprint density at radius 1 is 1.11 bits per heavy atom. The van der Waals surface area contributed by atoms with Crippen molar-refractivity contribution in [1.29, 1.82) is 0 Å². The van der Waals surface area contributed by atoms with Crippen LogP contribution in [0.25, 0.3) is 0 Å². The first-order chi connectivity index (χ1) is 13.3. The predicted octanol–water partition coefficient (Wildman–Crippen LogP) is -0.493. The van der Waals surface area contributed by atoms with Gasteiger partial charge in [0, 0.05) is 24.7 Å². The Bertz CT molecular complexity index is 790. The third-order valence-electron chi connectivity index (χ3n) is 5.04. The number of aliphatic hydroxyl groups excluding tert-OH is 4. The van der Waals surface area contributed by atoms with E-state index in [0.717, 1.165) is 22.6 Å². The molecule has 1 aliphatic heterocycles. The van der Waals surface area contributed by atoms with Crippen LogP contribution in [-0.2, 0) is 18.2 Å². The van der Waals surface area contributed by atoms with E-state index < -0.39 is 37.3 Å². The standard InChI is InChI=1S/C19H26N2O7/c1-10-13(8-11-4-6-12(26-3)7-5-11)18(20-21(10)2)28-19-17(25)16(24)15(23)14(9-22)27-19/h4-7,14-17,19,22-25H,8-9H2,1-3H3/t14-,15-,16+,17-,19?/m1/s1. The van der Waals surface area contributed by atoms with E-state index in [2.05, 4.69) is 5.10 Å². The molecule has 0 aliphatic carbocycles. The van der Waals surface area contributed by atoms with Gasteiger partial charge in [0.25, 0.3) is 0 Å². The molecule has 3 rings (SSSR count). The third-order valence-corrected chi connectivity index (χ3v) is 5.04. The summed E-state index contributed by atoms with van der Waals surface area (Å²) in [4.78, 5) is 0. The molecule has 0 radical (unpaired) electrons. The summed E-state index contributed by atoms with van der Waals surface area (Å²) in [6, 6.07) is 7.59. The van der Waals surface area contributed by atoms with Gasteiger partial charge in [0.1, 0.15) is 30.2 Å². The van der Waals surface area contributed by atoms with Gasteiger partial charge in [-0.1, -0.05) is 12.1 Å². The molecule has 1 saturated heterocycles. The quantitative estimate of drug-likeness (QED) is 0.517. The molecule has 28 heavy (non-hydrogen) atoms. The maximum absolute atomic E-state index is 10.2. The minimum Gasteiger partial charge on any atom is -0.497 e. The van der Waals surface area contributed by atoms with Crippen LogP contribution >= 0.6 is 0 Å². The first-order valence-corrected chi connectivity index (χ1v) is 8.98. The van der Waals surface area contributed by atoms with E-state index in [9.17, 15) is 20.4 Å². The summed E-state index contributed by atoms with van der Waals surface area (Å²) in [5, 5.41) is 43.7. The Balaban J connectivity index is 1.83. The van der Waals surface area contributed by atoms with Gasteiger partial charge in [-0.15, -0.1) is 5.10 Å². The SMILES string of the molecule is COc1ccc(Cc2c(OC3O[C@H](CO)[C@@H](O)[C@H](O)[C@H]3O)nn(C)c2C)cc1. The Kier molecular flexibility index (Phi) is 6.21. The van der Waals surface area contributed by atoms with Crippen LogP contribution in [0, 0.1) is 6.92 Å². The van der Waals surface area contributed by atoms with Crippen molar-refractivity contribution in [1.82, 2.24) is 9.78 Å². The highest BCUT2D eigenvalue weighted by molar-refractivity contribution is 5.38. The summed E-state index contributed by atoms with van der Waals surface area (Å²) in [6.07, 6.45) is -6.24. The lowest BCUT2D eigenvalue weighted by molar-refractivity contribution is -0.278. The molecule has 9 heteroatoms. The zero-order chi connectivity index (χ0) is 20.4. The first-order valence-electron chi connectivity index (χ1n) is 8.98. The summed E-state index contributed by atoms with van der Waals surface area (Å²) in [5.74, 6) is 1.00. The van der Waals surface area contributed by atoms with Crippen LogP contribution in [0.4, 0.5) is 0 Å². The second-order valence-corrected chi connectivity index (χ2v) is 6.83. The van der Waals surface area contributed by atoms with E-state index in [1.54, 1.807) is 18.8 Å². The van der Waals surface area contributed by atoms with E-state index in [4.69, 9.17) is 14.2 Å². The van der Waals surface area contributed by atoms with E-state index in [-0.39, 0.29) is 5.88 Å². The molecule has 1 unspecified atom stereocenters. The maximum Gasteiger partial charge on any atom is 0.239 e. The van der Waals surface area contributed by atoms with Crippen molar-refractivity contribution in [2.75, 3.05) is 13.7 Å². The third kappa shape index (κ3) is 3.98. The first kappa shape index (κ1) is 20.6. The average Bonchev–Trinajstić information content (AvgIpc) is 2.96. The van der Waals surface area contributed by atoms with Crippen LogP contribution in [0.15, 0.2) is 24.3 Å². The molecular formula is C19H26N2O7. The van der Waals surface area contributed by atoms with E-state index in [1.165, 1.54) is 0 Å². The topological polar surface area (TPSA) is 126 Å². The normalized spacial score (nSPS) is 27.6. The summed E-state index contributed by atoms with van der Waals surface area (Å²) in [7, 11) is 3.37. The van der Waals surface area contributed by atoms with Crippen molar-refractivity contribution in [2.45, 2.75) is 44.1 Å². The molecule has 0 bridgehead atoms. The summed E-state index contributed by atoms with van der Waals surface area (Å²) < 4.78 is 18.0. The Morgan fingerprint density at radius 3 is 2.39 bits per heavy atom. The number of rotatable bonds is 6. The van der Waals surface area contributed by atoms with Crippen molar-refractivity contribution in [3.05, 3.63) is 41.1 Å². The van der Waals surface area contributed by atoms with Gasteiger partial charge in [0.15, 0.2) is 0 Å². The number of hydrogen-bond donors (Lipinski definition) is 4. The molecule has 4 N–H and O–H groups in total. The minimum absolute atomic E-state index is 0.250.